The van der Waals surface area contributed by atoms with Gasteiger partial charge in [-0.05, 0) is 20.8 Å². The highest BCUT2D eigenvalue weighted by Gasteiger charge is 2.33. The number of likely N-dealkylation sites (tertiary alicyclic amines) is 1. The van der Waals surface area contributed by atoms with Crippen molar-refractivity contribution in [3.05, 3.63) is 11.6 Å². The third-order valence-corrected chi connectivity index (χ3v) is 2.91. The molecule has 0 aromatic carbocycles. The lowest BCUT2D eigenvalue weighted by atomic mass is 10.1. The minimum atomic E-state index is -0.431. The van der Waals surface area contributed by atoms with Crippen LogP contribution in [0.2, 0.25) is 0 Å². The molecule has 17 heavy (non-hydrogen) atoms. The number of carbonyl (C=O) groups is 1. The average molecular weight is 254 g/mol. The van der Waals surface area contributed by atoms with Crippen LogP contribution in [0, 0.1) is 6.20 Å². The van der Waals surface area contributed by atoms with Gasteiger partial charge in [-0.2, -0.15) is 0 Å². The number of anilines is 1. The van der Waals surface area contributed by atoms with Crippen LogP contribution < -0.4 is 5.32 Å². The highest BCUT2D eigenvalue weighted by atomic mass is 32.1. The zero-order valence-electron chi connectivity index (χ0n) is 10.2. The topological polar surface area (TPSA) is 54.5 Å². The summed E-state index contributed by atoms with van der Waals surface area (Å²) in [7, 11) is 0. The lowest BCUT2D eigenvalue weighted by Crippen LogP contribution is -2.57. The Kier molecular flexibility index (Phi) is 3.24. The number of hydrogen-bond donors (Lipinski definition) is 1. The predicted octanol–water partition coefficient (Wildman–Crippen LogP) is 1.97. The van der Waals surface area contributed by atoms with E-state index in [1.807, 2.05) is 20.8 Å². The summed E-state index contributed by atoms with van der Waals surface area (Å²) in [6.45, 7) is 6.92. The van der Waals surface area contributed by atoms with Crippen molar-refractivity contribution in [2.24, 2.45) is 0 Å². The lowest BCUT2D eigenvalue weighted by Gasteiger charge is -2.39. The van der Waals surface area contributed by atoms with Crippen molar-refractivity contribution >= 4 is 22.6 Å². The molecule has 1 aromatic heterocycles. The molecule has 1 radical (unpaired) electrons. The molecule has 0 atom stereocenters. The number of hydrogen-bond acceptors (Lipinski definition) is 5. The molecule has 0 saturated carbocycles. The summed E-state index contributed by atoms with van der Waals surface area (Å²) < 4.78 is 5.27. The molecule has 5 nitrogen and oxygen atoms in total. The van der Waals surface area contributed by atoms with Crippen molar-refractivity contribution in [1.82, 2.24) is 9.88 Å². The van der Waals surface area contributed by atoms with Crippen LogP contribution in [0.15, 0.2) is 5.38 Å². The standard InChI is InChI=1S/C11H16N3O2S/c1-11(2,3)16-10(15)14-6-8(7-14)13-9-12-4-5-17-9/h5,8H,6-7H2,1-3H3,(H,12,13). The van der Waals surface area contributed by atoms with Crippen molar-refractivity contribution in [3.63, 3.8) is 0 Å². The van der Waals surface area contributed by atoms with E-state index in [0.717, 1.165) is 5.13 Å². The van der Waals surface area contributed by atoms with Gasteiger partial charge >= 0.3 is 6.09 Å². The minimum Gasteiger partial charge on any atom is -0.444 e. The van der Waals surface area contributed by atoms with Gasteiger partial charge in [-0.3, -0.25) is 0 Å². The summed E-state index contributed by atoms with van der Waals surface area (Å²) in [6, 6.07) is 0.266. The first-order valence-electron chi connectivity index (χ1n) is 5.50. The van der Waals surface area contributed by atoms with Gasteiger partial charge < -0.3 is 15.0 Å². The molecule has 93 valence electrons. The van der Waals surface area contributed by atoms with E-state index in [2.05, 4.69) is 16.5 Å². The first-order valence-corrected chi connectivity index (χ1v) is 6.38. The molecule has 0 bridgehead atoms. The molecular weight excluding hydrogens is 238 g/mol. The van der Waals surface area contributed by atoms with Gasteiger partial charge in [0.1, 0.15) is 11.8 Å². The number of nitrogens with zero attached hydrogens (tertiary/aromatic N) is 2. The third-order valence-electron chi connectivity index (χ3n) is 2.25. The minimum absolute atomic E-state index is 0.249. The quantitative estimate of drug-likeness (QED) is 0.876. The second-order valence-electron chi connectivity index (χ2n) is 5.01. The SMILES string of the molecule is CC(C)(C)OC(=O)N1CC(Nc2n[c]cs2)C1. The summed E-state index contributed by atoms with van der Waals surface area (Å²) in [5.74, 6) is 0. The van der Waals surface area contributed by atoms with Crippen LogP contribution in [-0.4, -0.2) is 40.7 Å². The molecule has 0 unspecified atom stereocenters. The second-order valence-corrected chi connectivity index (χ2v) is 5.87. The van der Waals surface area contributed by atoms with Gasteiger partial charge in [0.2, 0.25) is 0 Å². The van der Waals surface area contributed by atoms with E-state index in [0.29, 0.717) is 13.1 Å². The summed E-state index contributed by atoms with van der Waals surface area (Å²) in [5.41, 5.74) is -0.431. The highest BCUT2D eigenvalue weighted by Crippen LogP contribution is 2.19. The second kappa shape index (κ2) is 4.52. The molecule has 1 fully saturated rings. The van der Waals surface area contributed by atoms with Gasteiger partial charge in [-0.25, -0.2) is 9.78 Å². The third kappa shape index (κ3) is 3.33. The smallest absolute Gasteiger partial charge is 0.410 e. The number of nitrogens with one attached hydrogen (secondary N) is 1. The Hall–Kier alpha value is -1.30. The number of rotatable bonds is 2. The van der Waals surface area contributed by atoms with E-state index in [1.165, 1.54) is 11.3 Å². The largest absolute Gasteiger partial charge is 0.444 e. The Bertz CT molecular complexity index is 380. The van der Waals surface area contributed by atoms with E-state index >= 15 is 0 Å². The Morgan fingerprint density at radius 3 is 2.88 bits per heavy atom. The summed E-state index contributed by atoms with van der Waals surface area (Å²) in [6.07, 6.45) is 2.50. The monoisotopic (exact) mass is 254 g/mol. The number of ether oxygens (including phenoxy) is 1. The van der Waals surface area contributed by atoms with Crippen LogP contribution in [0.1, 0.15) is 20.8 Å². The predicted molar refractivity (Wildman–Crippen MR) is 66.2 cm³/mol. The van der Waals surface area contributed by atoms with E-state index < -0.39 is 5.60 Å². The Balaban J connectivity index is 1.73. The molecule has 6 heteroatoms. The summed E-state index contributed by atoms with van der Waals surface area (Å²) in [5, 5.41) is 5.88. The van der Waals surface area contributed by atoms with E-state index in [9.17, 15) is 4.79 Å². The van der Waals surface area contributed by atoms with E-state index in [1.54, 1.807) is 10.3 Å². The van der Waals surface area contributed by atoms with E-state index in [4.69, 9.17) is 4.74 Å². The maximum absolute atomic E-state index is 11.6. The van der Waals surface area contributed by atoms with Gasteiger partial charge in [0.05, 0.1) is 6.04 Å². The van der Waals surface area contributed by atoms with Gasteiger partial charge in [0.25, 0.3) is 0 Å². The number of carbonyl (C=O) groups excluding carboxylic acids is 1. The van der Waals surface area contributed by atoms with Gasteiger partial charge in [0, 0.05) is 18.5 Å². The fourth-order valence-electron chi connectivity index (χ4n) is 1.48. The molecule has 0 spiro atoms. The van der Waals surface area contributed by atoms with Crippen LogP contribution >= 0.6 is 11.3 Å². The zero-order chi connectivity index (χ0) is 12.5. The van der Waals surface area contributed by atoms with Crippen molar-refractivity contribution in [3.8, 4) is 0 Å². The van der Waals surface area contributed by atoms with Crippen molar-refractivity contribution < 1.29 is 9.53 Å². The van der Waals surface area contributed by atoms with Crippen LogP contribution in [0.3, 0.4) is 0 Å². The van der Waals surface area contributed by atoms with Crippen LogP contribution in [0.4, 0.5) is 9.93 Å². The van der Waals surface area contributed by atoms with E-state index in [-0.39, 0.29) is 12.1 Å². The molecule has 0 aliphatic carbocycles. The van der Waals surface area contributed by atoms with Crippen LogP contribution in [-0.2, 0) is 4.74 Å². The molecule has 2 heterocycles. The maximum Gasteiger partial charge on any atom is 0.410 e. The molecule has 2 rings (SSSR count). The van der Waals surface area contributed by atoms with Crippen LogP contribution in [0.5, 0.6) is 0 Å². The molecule has 1 aromatic rings. The maximum atomic E-state index is 11.6. The molecule has 1 aliphatic rings. The molecule has 1 aliphatic heterocycles. The van der Waals surface area contributed by atoms with Crippen LogP contribution in [0.25, 0.3) is 0 Å². The molecule has 1 N–H and O–H groups in total. The summed E-state index contributed by atoms with van der Waals surface area (Å²) >= 11 is 1.51. The Morgan fingerprint density at radius 1 is 1.65 bits per heavy atom. The fraction of sp³-hybridized carbons (Fsp3) is 0.636. The normalized spacial score (nSPS) is 16.5. The number of aromatic nitrogens is 1. The Labute approximate surface area is 105 Å². The van der Waals surface area contributed by atoms with Crippen molar-refractivity contribution in [1.29, 1.82) is 0 Å². The molecule has 1 saturated heterocycles. The first kappa shape index (κ1) is 12.2. The molecule has 1 amide bonds. The Morgan fingerprint density at radius 2 is 2.35 bits per heavy atom. The first-order chi connectivity index (χ1) is 7.94. The highest BCUT2D eigenvalue weighted by molar-refractivity contribution is 7.13. The number of amides is 1. The number of thiazole rings is 1. The summed E-state index contributed by atoms with van der Waals surface area (Å²) in [4.78, 5) is 17.3. The van der Waals surface area contributed by atoms with Gasteiger partial charge in [0.15, 0.2) is 5.13 Å². The average Bonchev–Trinajstić information content (AvgIpc) is 2.59. The van der Waals surface area contributed by atoms with Gasteiger partial charge in [-0.1, -0.05) is 0 Å². The molecular formula is C11H16N3O2S. The zero-order valence-corrected chi connectivity index (χ0v) is 11.0. The fourth-order valence-corrected chi connectivity index (χ4v) is 2.04. The van der Waals surface area contributed by atoms with Crippen molar-refractivity contribution in [2.45, 2.75) is 32.4 Å². The van der Waals surface area contributed by atoms with Crippen molar-refractivity contribution in [2.75, 3.05) is 18.4 Å². The lowest BCUT2D eigenvalue weighted by molar-refractivity contribution is 0.0105. The van der Waals surface area contributed by atoms with Gasteiger partial charge in [-0.15, -0.1) is 11.3 Å².